The molecule has 1 fully saturated rings. The molecular formula is C22H24N4O3. The predicted molar refractivity (Wildman–Crippen MR) is 106 cm³/mol. The number of hydrogen-bond donors (Lipinski definition) is 0. The van der Waals surface area contributed by atoms with Gasteiger partial charge in [-0.3, -0.25) is 4.79 Å². The molecule has 0 bridgehead atoms. The predicted octanol–water partition coefficient (Wildman–Crippen LogP) is 3.85. The van der Waals surface area contributed by atoms with Gasteiger partial charge in [0.15, 0.2) is 11.6 Å². The molecule has 1 aliphatic heterocycles. The van der Waals surface area contributed by atoms with Crippen molar-refractivity contribution < 1.29 is 13.9 Å². The van der Waals surface area contributed by atoms with Crippen molar-refractivity contribution in [3.8, 4) is 5.75 Å². The third-order valence-corrected chi connectivity index (χ3v) is 5.60. The van der Waals surface area contributed by atoms with Crippen molar-refractivity contribution in [1.82, 2.24) is 19.7 Å². The van der Waals surface area contributed by atoms with E-state index in [0.717, 1.165) is 23.0 Å². The van der Waals surface area contributed by atoms with Crippen LogP contribution in [0.2, 0.25) is 0 Å². The van der Waals surface area contributed by atoms with Crippen LogP contribution < -0.4 is 4.74 Å². The highest BCUT2D eigenvalue weighted by atomic mass is 16.5. The van der Waals surface area contributed by atoms with E-state index in [2.05, 4.69) is 5.10 Å². The fourth-order valence-corrected chi connectivity index (χ4v) is 3.81. The van der Waals surface area contributed by atoms with Crippen LogP contribution in [0.25, 0.3) is 0 Å². The van der Waals surface area contributed by atoms with Crippen molar-refractivity contribution in [2.24, 2.45) is 0 Å². The van der Waals surface area contributed by atoms with Gasteiger partial charge in [-0.15, -0.1) is 0 Å². The average molecular weight is 392 g/mol. The molecule has 1 amide bonds. The Labute approximate surface area is 169 Å². The SMILES string of the molecule is Cc1cc(COc2ccccc2)oc1C(=O)N1CCn2nc(C3CC3)nc2[C@H]1C. The third-order valence-electron chi connectivity index (χ3n) is 5.60. The second kappa shape index (κ2) is 7.06. The molecule has 1 aromatic carbocycles. The second-order valence-electron chi connectivity index (χ2n) is 7.83. The molecule has 0 spiro atoms. The number of aromatic nitrogens is 3. The number of hydrogen-bond acceptors (Lipinski definition) is 5. The Morgan fingerprint density at radius 1 is 1.24 bits per heavy atom. The van der Waals surface area contributed by atoms with E-state index in [1.165, 1.54) is 12.8 Å². The van der Waals surface area contributed by atoms with E-state index in [-0.39, 0.29) is 18.6 Å². The topological polar surface area (TPSA) is 73.4 Å². The third kappa shape index (κ3) is 3.41. The first kappa shape index (κ1) is 18.0. The van der Waals surface area contributed by atoms with E-state index in [9.17, 15) is 4.79 Å². The standard InChI is InChI=1S/C22H24N4O3/c1-14-12-18(13-28-17-6-4-3-5-7-17)29-19(14)22(27)25-10-11-26-21(15(25)2)23-20(24-26)16-8-9-16/h3-7,12,15-16H,8-11,13H2,1-2H3/t15-/m1/s1. The van der Waals surface area contributed by atoms with Crippen LogP contribution in [0.3, 0.4) is 0 Å². The zero-order chi connectivity index (χ0) is 20.0. The van der Waals surface area contributed by atoms with Crippen LogP contribution in [0.5, 0.6) is 5.75 Å². The number of carbonyl (C=O) groups is 1. The Balaban J connectivity index is 1.31. The lowest BCUT2D eigenvalue weighted by molar-refractivity contribution is 0.0593. The normalized spacial score (nSPS) is 18.6. The van der Waals surface area contributed by atoms with Crippen molar-refractivity contribution >= 4 is 5.91 Å². The van der Waals surface area contributed by atoms with E-state index in [4.69, 9.17) is 14.1 Å². The Morgan fingerprint density at radius 2 is 2.03 bits per heavy atom. The summed E-state index contributed by atoms with van der Waals surface area (Å²) in [4.78, 5) is 19.8. The maximum absolute atomic E-state index is 13.2. The van der Waals surface area contributed by atoms with Crippen LogP contribution in [-0.4, -0.2) is 32.1 Å². The number of fused-ring (bicyclic) bond motifs is 1. The lowest BCUT2D eigenvalue weighted by Crippen LogP contribution is -2.41. The first-order valence-electron chi connectivity index (χ1n) is 10.1. The number of para-hydroxylation sites is 1. The van der Waals surface area contributed by atoms with Gasteiger partial charge in [-0.2, -0.15) is 5.10 Å². The van der Waals surface area contributed by atoms with Crippen molar-refractivity contribution in [2.45, 2.75) is 51.8 Å². The smallest absolute Gasteiger partial charge is 0.290 e. The Kier molecular flexibility index (Phi) is 4.38. The van der Waals surface area contributed by atoms with Crippen LogP contribution in [0, 0.1) is 6.92 Å². The van der Waals surface area contributed by atoms with E-state index in [1.807, 2.05) is 59.8 Å². The maximum Gasteiger partial charge on any atom is 0.290 e. The van der Waals surface area contributed by atoms with Crippen LogP contribution in [0.1, 0.15) is 65.3 Å². The van der Waals surface area contributed by atoms with Gasteiger partial charge in [0.25, 0.3) is 5.91 Å². The molecule has 0 radical (unpaired) electrons. The minimum absolute atomic E-state index is 0.108. The molecule has 5 rings (SSSR count). The van der Waals surface area contributed by atoms with Gasteiger partial charge in [-0.1, -0.05) is 18.2 Å². The summed E-state index contributed by atoms with van der Waals surface area (Å²) >= 11 is 0. The number of nitrogens with zero attached hydrogens (tertiary/aromatic N) is 4. The average Bonchev–Trinajstić information content (AvgIpc) is 3.38. The highest BCUT2D eigenvalue weighted by Gasteiger charge is 2.36. The summed E-state index contributed by atoms with van der Waals surface area (Å²) in [6, 6.07) is 11.3. The highest BCUT2D eigenvalue weighted by Crippen LogP contribution is 2.39. The number of benzene rings is 1. The van der Waals surface area contributed by atoms with Gasteiger partial charge in [-0.25, -0.2) is 9.67 Å². The number of amides is 1. The monoisotopic (exact) mass is 392 g/mol. The van der Waals surface area contributed by atoms with E-state index in [0.29, 0.717) is 30.5 Å². The molecule has 150 valence electrons. The molecule has 0 saturated heterocycles. The molecule has 2 aromatic heterocycles. The number of carbonyl (C=O) groups excluding carboxylic acids is 1. The summed E-state index contributed by atoms with van der Waals surface area (Å²) in [6.45, 7) is 5.44. The quantitative estimate of drug-likeness (QED) is 0.659. The zero-order valence-corrected chi connectivity index (χ0v) is 16.7. The molecule has 1 saturated carbocycles. The zero-order valence-electron chi connectivity index (χ0n) is 16.7. The minimum atomic E-state index is -0.134. The summed E-state index contributed by atoms with van der Waals surface area (Å²) in [5.74, 6) is 3.97. The fourth-order valence-electron chi connectivity index (χ4n) is 3.81. The molecule has 0 unspecified atom stereocenters. The van der Waals surface area contributed by atoms with Gasteiger partial charge < -0.3 is 14.1 Å². The van der Waals surface area contributed by atoms with Gasteiger partial charge >= 0.3 is 0 Å². The number of aryl methyl sites for hydroxylation is 1. The summed E-state index contributed by atoms with van der Waals surface area (Å²) in [5.41, 5.74) is 0.819. The Bertz CT molecular complexity index is 1040. The largest absolute Gasteiger partial charge is 0.486 e. The number of rotatable bonds is 5. The Morgan fingerprint density at radius 3 is 2.79 bits per heavy atom. The van der Waals surface area contributed by atoms with Crippen LogP contribution >= 0.6 is 0 Å². The molecule has 2 aliphatic rings. The van der Waals surface area contributed by atoms with Crippen LogP contribution in [-0.2, 0) is 13.2 Å². The number of ether oxygens (including phenoxy) is 1. The van der Waals surface area contributed by atoms with Crippen molar-refractivity contribution in [3.63, 3.8) is 0 Å². The molecule has 7 heteroatoms. The summed E-state index contributed by atoms with van der Waals surface area (Å²) in [5, 5.41) is 4.63. The molecule has 1 aliphatic carbocycles. The molecule has 3 aromatic rings. The molecule has 3 heterocycles. The Hall–Kier alpha value is -3.09. The van der Waals surface area contributed by atoms with Gasteiger partial charge in [0.2, 0.25) is 0 Å². The van der Waals surface area contributed by atoms with Gasteiger partial charge in [0.05, 0.1) is 12.6 Å². The van der Waals surface area contributed by atoms with E-state index >= 15 is 0 Å². The molecule has 7 nitrogen and oxygen atoms in total. The second-order valence-corrected chi connectivity index (χ2v) is 7.83. The summed E-state index contributed by atoms with van der Waals surface area (Å²) < 4.78 is 13.6. The highest BCUT2D eigenvalue weighted by molar-refractivity contribution is 5.93. The lowest BCUT2D eigenvalue weighted by atomic mass is 10.1. The van der Waals surface area contributed by atoms with E-state index < -0.39 is 0 Å². The van der Waals surface area contributed by atoms with Crippen molar-refractivity contribution in [3.05, 3.63) is 65.1 Å². The van der Waals surface area contributed by atoms with Crippen LogP contribution in [0.15, 0.2) is 40.8 Å². The molecular weight excluding hydrogens is 368 g/mol. The first-order chi connectivity index (χ1) is 14.1. The van der Waals surface area contributed by atoms with Crippen molar-refractivity contribution in [2.75, 3.05) is 6.54 Å². The van der Waals surface area contributed by atoms with E-state index in [1.54, 1.807) is 0 Å². The number of furan rings is 1. The maximum atomic E-state index is 13.2. The first-order valence-corrected chi connectivity index (χ1v) is 10.1. The molecule has 1 atom stereocenters. The summed E-state index contributed by atoms with van der Waals surface area (Å²) in [6.07, 6.45) is 2.33. The van der Waals surface area contributed by atoms with Crippen LogP contribution in [0.4, 0.5) is 0 Å². The molecule has 29 heavy (non-hydrogen) atoms. The molecule has 0 N–H and O–H groups in total. The summed E-state index contributed by atoms with van der Waals surface area (Å²) in [7, 11) is 0. The fraction of sp³-hybridized carbons (Fsp3) is 0.409. The van der Waals surface area contributed by atoms with Gasteiger partial charge in [-0.05, 0) is 44.9 Å². The van der Waals surface area contributed by atoms with Gasteiger partial charge in [0.1, 0.15) is 23.9 Å². The lowest BCUT2D eigenvalue weighted by Gasteiger charge is -2.32. The van der Waals surface area contributed by atoms with Crippen molar-refractivity contribution in [1.29, 1.82) is 0 Å². The minimum Gasteiger partial charge on any atom is -0.486 e. The van der Waals surface area contributed by atoms with Gasteiger partial charge in [0, 0.05) is 18.0 Å².